The second-order valence-corrected chi connectivity index (χ2v) is 10.2. The lowest BCUT2D eigenvalue weighted by Crippen LogP contribution is -2.24. The molecular weight excluding hydrogens is 494 g/mol. The Morgan fingerprint density at radius 2 is 1.89 bits per heavy atom. The van der Waals surface area contributed by atoms with Crippen molar-refractivity contribution in [1.82, 2.24) is 10.1 Å². The zero-order valence-electron chi connectivity index (χ0n) is 18.0. The van der Waals surface area contributed by atoms with Gasteiger partial charge in [-0.3, -0.25) is 9.78 Å². The number of carbonyl (C=O) groups is 1. The van der Waals surface area contributed by atoms with Crippen LogP contribution in [-0.2, 0) is 9.84 Å². The minimum Gasteiger partial charge on any atom is -0.469 e. The van der Waals surface area contributed by atoms with Gasteiger partial charge in [-0.25, -0.2) is 26.0 Å². The van der Waals surface area contributed by atoms with E-state index >= 15 is 0 Å². The molecule has 0 radical (unpaired) electrons. The van der Waals surface area contributed by atoms with Crippen LogP contribution in [0.2, 0.25) is 0 Å². The summed E-state index contributed by atoms with van der Waals surface area (Å²) in [6.07, 6.45) is -0.953. The lowest BCUT2D eigenvalue weighted by Gasteiger charge is -2.25. The fourth-order valence-electron chi connectivity index (χ4n) is 3.77. The van der Waals surface area contributed by atoms with E-state index in [1.165, 1.54) is 12.3 Å². The van der Waals surface area contributed by atoms with E-state index in [1.807, 2.05) is 0 Å². The van der Waals surface area contributed by atoms with E-state index in [0.717, 1.165) is 24.3 Å². The van der Waals surface area contributed by atoms with Gasteiger partial charge >= 0.3 is 0 Å². The smallest absolute Gasteiger partial charge is 0.294 e. The number of pyridine rings is 1. The van der Waals surface area contributed by atoms with Gasteiger partial charge in [0.05, 0.1) is 29.0 Å². The molecule has 1 N–H and O–H groups in total. The molecule has 0 aliphatic carbocycles. The molecule has 0 bridgehead atoms. The molecule has 1 aromatic carbocycles. The van der Waals surface area contributed by atoms with Gasteiger partial charge in [-0.15, -0.1) is 0 Å². The van der Waals surface area contributed by atoms with Crippen molar-refractivity contribution in [3.05, 3.63) is 59.6 Å². The Morgan fingerprint density at radius 1 is 1.14 bits per heavy atom. The second kappa shape index (κ2) is 10.0. The van der Waals surface area contributed by atoms with E-state index in [2.05, 4.69) is 15.5 Å². The summed E-state index contributed by atoms with van der Waals surface area (Å²) in [5.41, 5.74) is 0.300. The summed E-state index contributed by atoms with van der Waals surface area (Å²) >= 11 is 0. The van der Waals surface area contributed by atoms with Crippen LogP contribution in [0.25, 0.3) is 11.1 Å². The lowest BCUT2D eigenvalue weighted by atomic mass is 9.93. The highest BCUT2D eigenvalue weighted by atomic mass is 32.2. The average Bonchev–Trinajstić information content (AvgIpc) is 3.29. The Hall–Kier alpha value is -3.48. The summed E-state index contributed by atoms with van der Waals surface area (Å²) in [6.45, 7) is -0.950. The summed E-state index contributed by atoms with van der Waals surface area (Å²) in [5.74, 6) is -3.62. The highest BCUT2D eigenvalue weighted by Crippen LogP contribution is 2.39. The maximum Gasteiger partial charge on any atom is 0.294 e. The van der Waals surface area contributed by atoms with Crippen molar-refractivity contribution in [2.75, 3.05) is 23.4 Å². The molecule has 4 rings (SSSR count). The second-order valence-electron chi connectivity index (χ2n) is 7.85. The standard InChI is InChI=1S/C22H19F4N3O5S/c23-13-1-2-16(24)15(9-13)14-3-6-27-20(12-4-7-35(31,32)8-5-12)21(14)28-22(30)17-10-19(29-34-17)33-11-18(25)26/h1-3,6,9-10,12,18H,4-5,7-8,11H2,(H,28,30). The Labute approximate surface area is 197 Å². The molecule has 0 spiro atoms. The van der Waals surface area contributed by atoms with Crippen LogP contribution >= 0.6 is 0 Å². The number of ether oxygens (including phenoxy) is 1. The molecule has 1 amide bonds. The molecule has 1 saturated heterocycles. The third kappa shape index (κ3) is 5.78. The molecule has 186 valence electrons. The number of sulfone groups is 1. The molecule has 0 unspecified atom stereocenters. The lowest BCUT2D eigenvalue weighted by molar-refractivity contribution is 0.0774. The van der Waals surface area contributed by atoms with Gasteiger partial charge in [0, 0.05) is 23.2 Å². The number of nitrogens with zero attached hydrogens (tertiary/aromatic N) is 2. The Balaban J connectivity index is 1.71. The third-order valence-electron chi connectivity index (χ3n) is 5.45. The Kier molecular flexibility index (Phi) is 7.05. The quantitative estimate of drug-likeness (QED) is 0.471. The zero-order chi connectivity index (χ0) is 25.2. The zero-order valence-corrected chi connectivity index (χ0v) is 18.8. The first-order valence-corrected chi connectivity index (χ1v) is 12.3. The van der Waals surface area contributed by atoms with E-state index in [9.17, 15) is 30.8 Å². The number of anilines is 1. The van der Waals surface area contributed by atoms with Gasteiger partial charge in [0.25, 0.3) is 18.2 Å². The molecule has 3 aromatic rings. The molecule has 2 aromatic heterocycles. The number of hydrogen-bond donors (Lipinski definition) is 1. The van der Waals surface area contributed by atoms with Crippen molar-refractivity contribution in [1.29, 1.82) is 0 Å². The van der Waals surface area contributed by atoms with Gasteiger partial charge in [-0.2, -0.15) is 0 Å². The summed E-state index contributed by atoms with van der Waals surface area (Å²) in [7, 11) is -3.20. The number of alkyl halides is 2. The molecule has 35 heavy (non-hydrogen) atoms. The maximum atomic E-state index is 14.6. The van der Waals surface area contributed by atoms with Crippen molar-refractivity contribution in [2.24, 2.45) is 0 Å². The first-order valence-electron chi connectivity index (χ1n) is 10.5. The molecule has 13 heteroatoms. The van der Waals surface area contributed by atoms with Crippen LogP contribution in [0, 0.1) is 11.6 Å². The van der Waals surface area contributed by atoms with Gasteiger partial charge in [-0.05, 0) is 42.3 Å². The number of nitrogens with one attached hydrogen (secondary N) is 1. The molecule has 3 heterocycles. The van der Waals surface area contributed by atoms with Gasteiger partial charge in [0.15, 0.2) is 6.61 Å². The Morgan fingerprint density at radius 3 is 2.60 bits per heavy atom. The van der Waals surface area contributed by atoms with Crippen LogP contribution in [0.5, 0.6) is 5.88 Å². The predicted molar refractivity (Wildman–Crippen MR) is 116 cm³/mol. The van der Waals surface area contributed by atoms with E-state index in [4.69, 9.17) is 9.26 Å². The summed E-state index contributed by atoms with van der Waals surface area (Å²) < 4.78 is 86.6. The molecule has 1 aliphatic rings. The normalized spacial score (nSPS) is 15.8. The van der Waals surface area contributed by atoms with E-state index in [1.54, 1.807) is 0 Å². The molecule has 0 atom stereocenters. The first-order chi connectivity index (χ1) is 16.6. The molecule has 1 aliphatic heterocycles. The number of hydrogen-bond acceptors (Lipinski definition) is 7. The van der Waals surface area contributed by atoms with Crippen LogP contribution in [0.3, 0.4) is 0 Å². The van der Waals surface area contributed by atoms with Crippen LogP contribution in [0.15, 0.2) is 41.1 Å². The van der Waals surface area contributed by atoms with Crippen LogP contribution in [0.4, 0.5) is 23.2 Å². The van der Waals surface area contributed by atoms with Gasteiger partial charge in [0.2, 0.25) is 5.76 Å². The monoisotopic (exact) mass is 513 g/mol. The molecule has 1 fully saturated rings. The van der Waals surface area contributed by atoms with Gasteiger partial charge < -0.3 is 14.6 Å². The predicted octanol–water partition coefficient (Wildman–Crippen LogP) is 4.20. The van der Waals surface area contributed by atoms with Gasteiger partial charge in [-0.1, -0.05) is 0 Å². The number of carbonyl (C=O) groups excluding carboxylic acids is 1. The van der Waals surface area contributed by atoms with Crippen molar-refractivity contribution in [3.8, 4) is 17.0 Å². The van der Waals surface area contributed by atoms with Crippen molar-refractivity contribution >= 4 is 21.4 Å². The average molecular weight is 513 g/mol. The summed E-state index contributed by atoms with van der Waals surface area (Å²) in [4.78, 5) is 17.2. The van der Waals surface area contributed by atoms with Crippen LogP contribution in [-0.4, -0.2) is 49.0 Å². The van der Waals surface area contributed by atoms with E-state index < -0.39 is 40.4 Å². The number of aromatic nitrogens is 2. The summed E-state index contributed by atoms with van der Waals surface area (Å²) in [5, 5.41) is 5.96. The largest absolute Gasteiger partial charge is 0.469 e. The van der Waals surface area contributed by atoms with E-state index in [-0.39, 0.29) is 58.7 Å². The number of benzene rings is 1. The Bertz CT molecular complexity index is 1330. The molecule has 8 nitrogen and oxygen atoms in total. The number of halogens is 4. The van der Waals surface area contributed by atoms with Crippen LogP contribution in [0.1, 0.15) is 35.0 Å². The summed E-state index contributed by atoms with van der Waals surface area (Å²) in [6, 6.07) is 5.23. The highest BCUT2D eigenvalue weighted by Gasteiger charge is 2.30. The number of rotatable bonds is 7. The SMILES string of the molecule is O=C(Nc1c(-c2cc(F)ccc2F)ccnc1C1CCS(=O)(=O)CC1)c1cc(OCC(F)F)no1. The van der Waals surface area contributed by atoms with Crippen molar-refractivity contribution in [3.63, 3.8) is 0 Å². The topological polar surface area (TPSA) is 111 Å². The molecular formula is C22H19F4N3O5S. The van der Waals surface area contributed by atoms with Crippen molar-refractivity contribution < 1.29 is 40.0 Å². The first kappa shape index (κ1) is 24.6. The minimum atomic E-state index is -3.20. The van der Waals surface area contributed by atoms with Crippen LogP contribution < -0.4 is 10.1 Å². The fourth-order valence-corrected chi connectivity index (χ4v) is 5.26. The highest BCUT2D eigenvalue weighted by molar-refractivity contribution is 7.91. The number of amides is 1. The minimum absolute atomic E-state index is 0.0396. The van der Waals surface area contributed by atoms with Crippen molar-refractivity contribution in [2.45, 2.75) is 25.2 Å². The molecule has 0 saturated carbocycles. The third-order valence-corrected chi connectivity index (χ3v) is 7.16. The fraction of sp³-hybridized carbons (Fsp3) is 0.318. The van der Waals surface area contributed by atoms with Gasteiger partial charge in [0.1, 0.15) is 21.5 Å². The van der Waals surface area contributed by atoms with E-state index in [0.29, 0.717) is 5.69 Å². The maximum absolute atomic E-state index is 14.6.